The van der Waals surface area contributed by atoms with Crippen molar-refractivity contribution in [3.63, 3.8) is 0 Å². The molecule has 3 heterocycles. The standard InChI is InChI=1S/C49H33N3O/c1-49(2)40-20-9-6-15-35(40)39-29-44-33(28-41(39)49)24-23-32-27-31(34-18-12-19-37-36-16-8-11-22-45(36)53-47(34)37)25-26-43(32)52(44)48-50-42-21-10-7-17-38(42)46(51-48)30-13-4-3-5-14-30/h3-29H,1-2H3. The van der Waals surface area contributed by atoms with Crippen molar-refractivity contribution in [1.82, 2.24) is 9.97 Å². The van der Waals surface area contributed by atoms with Gasteiger partial charge in [0, 0.05) is 32.7 Å². The number of rotatable bonds is 3. The summed E-state index contributed by atoms with van der Waals surface area (Å²) in [6, 6.07) is 53.7. The van der Waals surface area contributed by atoms with E-state index in [2.05, 4.69) is 164 Å². The molecule has 2 aliphatic rings. The van der Waals surface area contributed by atoms with Gasteiger partial charge in [0.25, 0.3) is 0 Å². The lowest BCUT2D eigenvalue weighted by atomic mass is 9.82. The zero-order valence-corrected chi connectivity index (χ0v) is 29.3. The van der Waals surface area contributed by atoms with Crippen molar-refractivity contribution in [2.75, 3.05) is 4.90 Å². The predicted octanol–water partition coefficient (Wildman–Crippen LogP) is 13.1. The zero-order valence-electron chi connectivity index (χ0n) is 29.3. The van der Waals surface area contributed by atoms with Crippen molar-refractivity contribution in [1.29, 1.82) is 0 Å². The summed E-state index contributed by atoms with van der Waals surface area (Å²) in [5.41, 5.74) is 16.2. The van der Waals surface area contributed by atoms with Crippen LogP contribution in [0.2, 0.25) is 0 Å². The van der Waals surface area contributed by atoms with E-state index in [0.29, 0.717) is 5.95 Å². The van der Waals surface area contributed by atoms with Crippen LogP contribution in [0.4, 0.5) is 17.3 Å². The van der Waals surface area contributed by atoms with Gasteiger partial charge in [-0.05, 0) is 75.3 Å². The van der Waals surface area contributed by atoms with Crippen LogP contribution in [0.3, 0.4) is 0 Å². The third-order valence-corrected chi connectivity index (χ3v) is 11.2. The van der Waals surface area contributed by atoms with E-state index in [1.165, 1.54) is 22.3 Å². The average molecular weight is 680 g/mol. The Morgan fingerprint density at radius 1 is 0.509 bits per heavy atom. The van der Waals surface area contributed by atoms with E-state index in [0.717, 1.165) is 77.7 Å². The molecular formula is C49H33N3O. The Hall–Kier alpha value is -6.78. The molecule has 4 nitrogen and oxygen atoms in total. The Bertz CT molecular complexity index is 2990. The minimum absolute atomic E-state index is 0.128. The lowest BCUT2D eigenvalue weighted by molar-refractivity contribution is 0.660. The maximum Gasteiger partial charge on any atom is 0.235 e. The number of anilines is 3. The molecule has 0 N–H and O–H groups in total. The SMILES string of the molecule is CC1(C)c2ccccc2-c2cc3c(cc21)C=Cc1cc(-c2cccc4c2oc2ccccc24)ccc1N3c1nc(-c2ccccc2)c2ccccc2n1. The van der Waals surface area contributed by atoms with Crippen LogP contribution in [0, 0.1) is 0 Å². The van der Waals surface area contributed by atoms with E-state index in [4.69, 9.17) is 14.4 Å². The van der Waals surface area contributed by atoms with E-state index in [9.17, 15) is 0 Å². The van der Waals surface area contributed by atoms with Crippen molar-refractivity contribution < 1.29 is 4.42 Å². The first kappa shape index (κ1) is 29.9. The third-order valence-electron chi connectivity index (χ3n) is 11.2. The number of benzene rings is 7. The molecule has 11 rings (SSSR count). The maximum atomic E-state index is 6.49. The Morgan fingerprint density at radius 2 is 1.23 bits per heavy atom. The Balaban J connectivity index is 1.17. The molecule has 0 bridgehead atoms. The summed E-state index contributed by atoms with van der Waals surface area (Å²) in [4.78, 5) is 13.0. The monoisotopic (exact) mass is 679 g/mol. The molecule has 250 valence electrons. The summed E-state index contributed by atoms with van der Waals surface area (Å²) < 4.78 is 6.49. The van der Waals surface area contributed by atoms with E-state index >= 15 is 0 Å². The first-order valence-electron chi connectivity index (χ1n) is 18.2. The molecule has 0 saturated heterocycles. The molecule has 1 aliphatic carbocycles. The van der Waals surface area contributed by atoms with Crippen LogP contribution in [0.5, 0.6) is 0 Å². The molecule has 1 aliphatic heterocycles. The van der Waals surface area contributed by atoms with Gasteiger partial charge in [-0.2, -0.15) is 0 Å². The summed E-state index contributed by atoms with van der Waals surface area (Å²) in [6.07, 6.45) is 4.51. The zero-order chi connectivity index (χ0) is 35.3. The summed E-state index contributed by atoms with van der Waals surface area (Å²) in [5.74, 6) is 0.631. The molecule has 0 saturated carbocycles. The van der Waals surface area contributed by atoms with Crippen molar-refractivity contribution in [2.24, 2.45) is 0 Å². The maximum absolute atomic E-state index is 6.49. The van der Waals surface area contributed by atoms with Crippen LogP contribution in [0.1, 0.15) is 36.1 Å². The van der Waals surface area contributed by atoms with Crippen LogP contribution in [-0.2, 0) is 5.41 Å². The largest absolute Gasteiger partial charge is 0.455 e. The van der Waals surface area contributed by atoms with E-state index in [1.807, 2.05) is 18.2 Å². The first-order valence-corrected chi connectivity index (χ1v) is 18.2. The number of fused-ring (bicyclic) bond motifs is 9. The number of hydrogen-bond acceptors (Lipinski definition) is 4. The molecule has 7 aromatic carbocycles. The molecule has 0 atom stereocenters. The minimum Gasteiger partial charge on any atom is -0.455 e. The summed E-state index contributed by atoms with van der Waals surface area (Å²) in [5, 5.41) is 3.27. The van der Waals surface area contributed by atoms with Crippen LogP contribution in [-0.4, -0.2) is 9.97 Å². The fourth-order valence-electron chi connectivity index (χ4n) is 8.62. The second kappa shape index (κ2) is 11.1. The molecule has 0 spiro atoms. The van der Waals surface area contributed by atoms with Crippen LogP contribution >= 0.6 is 0 Å². The van der Waals surface area contributed by atoms with Gasteiger partial charge in [0.1, 0.15) is 11.2 Å². The topological polar surface area (TPSA) is 42.2 Å². The second-order valence-electron chi connectivity index (χ2n) is 14.6. The average Bonchev–Trinajstić information content (AvgIpc) is 3.63. The highest BCUT2D eigenvalue weighted by Crippen LogP contribution is 2.53. The van der Waals surface area contributed by atoms with E-state index < -0.39 is 0 Å². The normalized spacial score (nSPS) is 13.9. The molecule has 4 heteroatoms. The summed E-state index contributed by atoms with van der Waals surface area (Å²) >= 11 is 0. The van der Waals surface area contributed by atoms with Crippen LogP contribution in [0.15, 0.2) is 156 Å². The summed E-state index contributed by atoms with van der Waals surface area (Å²) in [7, 11) is 0. The Kier molecular flexibility index (Phi) is 6.27. The highest BCUT2D eigenvalue weighted by molar-refractivity contribution is 6.10. The molecule has 9 aromatic rings. The quantitative estimate of drug-likeness (QED) is 0.186. The van der Waals surface area contributed by atoms with Gasteiger partial charge in [0.15, 0.2) is 0 Å². The van der Waals surface area contributed by atoms with Crippen molar-refractivity contribution in [3.8, 4) is 33.5 Å². The van der Waals surface area contributed by atoms with Gasteiger partial charge < -0.3 is 4.42 Å². The highest BCUT2D eigenvalue weighted by atomic mass is 16.3. The van der Waals surface area contributed by atoms with Gasteiger partial charge in [-0.25, -0.2) is 9.97 Å². The molecule has 0 fully saturated rings. The highest BCUT2D eigenvalue weighted by Gasteiger charge is 2.37. The predicted molar refractivity (Wildman–Crippen MR) is 219 cm³/mol. The minimum atomic E-state index is -0.128. The first-order chi connectivity index (χ1) is 26.0. The van der Waals surface area contributed by atoms with Gasteiger partial charge in [0.05, 0.1) is 22.6 Å². The van der Waals surface area contributed by atoms with Gasteiger partial charge in [-0.3, -0.25) is 4.90 Å². The number of para-hydroxylation sites is 3. The van der Waals surface area contributed by atoms with E-state index in [-0.39, 0.29) is 5.41 Å². The Morgan fingerprint density at radius 3 is 2.11 bits per heavy atom. The number of furan rings is 1. The van der Waals surface area contributed by atoms with E-state index in [1.54, 1.807) is 0 Å². The van der Waals surface area contributed by atoms with Gasteiger partial charge in [0.2, 0.25) is 5.95 Å². The fourth-order valence-corrected chi connectivity index (χ4v) is 8.62. The lowest BCUT2D eigenvalue weighted by Crippen LogP contribution is -2.17. The van der Waals surface area contributed by atoms with Crippen molar-refractivity contribution in [3.05, 3.63) is 174 Å². The van der Waals surface area contributed by atoms with Crippen LogP contribution in [0.25, 0.3) is 78.5 Å². The van der Waals surface area contributed by atoms with Crippen molar-refractivity contribution in [2.45, 2.75) is 19.3 Å². The molecule has 0 amide bonds. The van der Waals surface area contributed by atoms with Gasteiger partial charge >= 0.3 is 0 Å². The fraction of sp³-hybridized carbons (Fsp3) is 0.0612. The number of nitrogens with zero attached hydrogens (tertiary/aromatic N) is 3. The van der Waals surface area contributed by atoms with Gasteiger partial charge in [-0.1, -0.05) is 141 Å². The lowest BCUT2D eigenvalue weighted by Gasteiger charge is -2.28. The molecule has 0 radical (unpaired) electrons. The molecule has 0 unspecified atom stereocenters. The smallest absolute Gasteiger partial charge is 0.235 e. The molecule has 53 heavy (non-hydrogen) atoms. The molecule has 2 aromatic heterocycles. The number of aromatic nitrogens is 2. The van der Waals surface area contributed by atoms with Gasteiger partial charge in [-0.15, -0.1) is 0 Å². The van der Waals surface area contributed by atoms with Crippen molar-refractivity contribution >= 4 is 62.3 Å². The Labute approximate surface area is 307 Å². The molecular weight excluding hydrogens is 647 g/mol. The second-order valence-corrected chi connectivity index (χ2v) is 14.6. The number of hydrogen-bond donors (Lipinski definition) is 0. The third kappa shape index (κ3) is 4.42. The van der Waals surface area contributed by atoms with Crippen LogP contribution < -0.4 is 4.90 Å². The summed E-state index contributed by atoms with van der Waals surface area (Å²) in [6.45, 7) is 4.67.